The molecule has 0 aliphatic carbocycles. The minimum absolute atomic E-state index is 0.297. The normalized spacial score (nSPS) is 12.9. The number of fused-ring (bicyclic) bond motifs is 1. The standard InChI is InChI=1S/C19H29N3O2/c1-5-14(4)18-20-16-13-15(19(23)24)9-10-17(16)22(18)12-8-11-21(6-2)7-3/h9-10,13-14H,5-8,11-12H2,1-4H3,(H,23,24). The summed E-state index contributed by atoms with van der Waals surface area (Å²) in [5.41, 5.74) is 2.12. The van der Waals surface area contributed by atoms with Gasteiger partial charge >= 0.3 is 5.97 Å². The molecular weight excluding hydrogens is 302 g/mol. The number of nitrogens with zero attached hydrogens (tertiary/aromatic N) is 3. The van der Waals surface area contributed by atoms with Crippen LogP contribution < -0.4 is 0 Å². The summed E-state index contributed by atoms with van der Waals surface area (Å²) < 4.78 is 2.28. The highest BCUT2D eigenvalue weighted by molar-refractivity contribution is 5.92. The summed E-state index contributed by atoms with van der Waals surface area (Å²) in [6.45, 7) is 12.8. The van der Waals surface area contributed by atoms with E-state index in [0.29, 0.717) is 11.5 Å². The Kier molecular flexibility index (Phi) is 6.37. The molecule has 1 aromatic carbocycles. The quantitative estimate of drug-likeness (QED) is 0.755. The van der Waals surface area contributed by atoms with Crippen LogP contribution in [0.15, 0.2) is 18.2 Å². The molecule has 1 N–H and O–H groups in total. The maximum atomic E-state index is 11.2. The predicted octanol–water partition coefficient (Wildman–Crippen LogP) is 3.98. The number of rotatable bonds is 9. The van der Waals surface area contributed by atoms with Crippen molar-refractivity contribution in [2.24, 2.45) is 0 Å². The molecule has 24 heavy (non-hydrogen) atoms. The summed E-state index contributed by atoms with van der Waals surface area (Å²) in [7, 11) is 0. The molecule has 0 fully saturated rings. The van der Waals surface area contributed by atoms with Crippen LogP contribution in [-0.4, -0.2) is 45.2 Å². The van der Waals surface area contributed by atoms with Gasteiger partial charge in [-0.2, -0.15) is 0 Å². The van der Waals surface area contributed by atoms with Crippen molar-refractivity contribution in [3.8, 4) is 0 Å². The number of hydrogen-bond donors (Lipinski definition) is 1. The van der Waals surface area contributed by atoms with E-state index in [1.54, 1.807) is 12.1 Å². The summed E-state index contributed by atoms with van der Waals surface area (Å²) in [5, 5.41) is 9.19. The minimum Gasteiger partial charge on any atom is -0.478 e. The van der Waals surface area contributed by atoms with E-state index < -0.39 is 5.97 Å². The SMILES string of the molecule is CCC(C)c1nc2cc(C(=O)O)ccc2n1CCCN(CC)CC. The first-order chi connectivity index (χ1) is 11.5. The molecule has 5 heteroatoms. The van der Waals surface area contributed by atoms with Gasteiger partial charge in [-0.1, -0.05) is 27.7 Å². The first-order valence-corrected chi connectivity index (χ1v) is 8.97. The maximum absolute atomic E-state index is 11.2. The molecule has 0 saturated heterocycles. The second-order valence-electron chi connectivity index (χ2n) is 6.32. The molecule has 2 aromatic rings. The molecular formula is C19H29N3O2. The Hall–Kier alpha value is -1.88. The summed E-state index contributed by atoms with van der Waals surface area (Å²) in [5.74, 6) is 0.520. The van der Waals surface area contributed by atoms with E-state index in [1.165, 1.54) is 0 Å². The van der Waals surface area contributed by atoms with Crippen molar-refractivity contribution in [3.05, 3.63) is 29.6 Å². The predicted molar refractivity (Wildman–Crippen MR) is 97.8 cm³/mol. The van der Waals surface area contributed by atoms with Crippen LogP contribution in [0.2, 0.25) is 0 Å². The molecule has 132 valence electrons. The van der Waals surface area contributed by atoms with Gasteiger partial charge in [0.2, 0.25) is 0 Å². The van der Waals surface area contributed by atoms with Crippen molar-refractivity contribution in [1.29, 1.82) is 0 Å². The van der Waals surface area contributed by atoms with Gasteiger partial charge in [-0.05, 0) is 50.7 Å². The van der Waals surface area contributed by atoms with Crippen molar-refractivity contribution in [1.82, 2.24) is 14.5 Å². The number of imidazole rings is 1. The van der Waals surface area contributed by atoms with Crippen LogP contribution in [0.5, 0.6) is 0 Å². The van der Waals surface area contributed by atoms with E-state index in [0.717, 1.165) is 55.9 Å². The van der Waals surface area contributed by atoms with Crippen LogP contribution >= 0.6 is 0 Å². The van der Waals surface area contributed by atoms with E-state index in [4.69, 9.17) is 4.98 Å². The molecule has 0 bridgehead atoms. The second-order valence-corrected chi connectivity index (χ2v) is 6.32. The lowest BCUT2D eigenvalue weighted by Gasteiger charge is -2.19. The zero-order chi connectivity index (χ0) is 17.7. The zero-order valence-electron chi connectivity index (χ0n) is 15.2. The Labute approximate surface area is 144 Å². The Balaban J connectivity index is 2.32. The summed E-state index contributed by atoms with van der Waals surface area (Å²) >= 11 is 0. The van der Waals surface area contributed by atoms with Crippen molar-refractivity contribution in [2.45, 2.75) is 53.0 Å². The van der Waals surface area contributed by atoms with Gasteiger partial charge in [-0.3, -0.25) is 0 Å². The Morgan fingerprint density at radius 3 is 2.58 bits per heavy atom. The summed E-state index contributed by atoms with van der Waals surface area (Å²) in [6.07, 6.45) is 2.09. The second kappa shape index (κ2) is 8.29. The van der Waals surface area contributed by atoms with Crippen LogP contribution in [0.1, 0.15) is 62.6 Å². The zero-order valence-corrected chi connectivity index (χ0v) is 15.2. The molecule has 0 aliphatic heterocycles. The van der Waals surface area contributed by atoms with Gasteiger partial charge in [0, 0.05) is 12.5 Å². The number of aryl methyl sites for hydroxylation is 1. The Bertz CT molecular complexity index is 689. The van der Waals surface area contributed by atoms with Gasteiger partial charge in [0.15, 0.2) is 0 Å². The van der Waals surface area contributed by atoms with Gasteiger partial charge in [-0.15, -0.1) is 0 Å². The first kappa shape index (κ1) is 18.5. The highest BCUT2D eigenvalue weighted by Gasteiger charge is 2.17. The topological polar surface area (TPSA) is 58.4 Å². The van der Waals surface area contributed by atoms with Gasteiger partial charge in [0.05, 0.1) is 16.6 Å². The lowest BCUT2D eigenvalue weighted by Crippen LogP contribution is -2.25. The monoisotopic (exact) mass is 331 g/mol. The van der Waals surface area contributed by atoms with E-state index in [1.807, 2.05) is 6.07 Å². The number of hydrogen-bond acceptors (Lipinski definition) is 3. The molecule has 1 atom stereocenters. The number of aromatic nitrogens is 2. The average Bonchev–Trinajstić information content (AvgIpc) is 2.95. The molecule has 5 nitrogen and oxygen atoms in total. The molecule has 0 aliphatic rings. The molecule has 0 saturated carbocycles. The van der Waals surface area contributed by atoms with Gasteiger partial charge in [-0.25, -0.2) is 9.78 Å². The van der Waals surface area contributed by atoms with E-state index >= 15 is 0 Å². The van der Waals surface area contributed by atoms with Crippen LogP contribution in [0, 0.1) is 0 Å². The van der Waals surface area contributed by atoms with Crippen LogP contribution in [0.25, 0.3) is 11.0 Å². The van der Waals surface area contributed by atoms with Gasteiger partial charge < -0.3 is 14.6 Å². The Morgan fingerprint density at radius 2 is 2.00 bits per heavy atom. The third-order valence-corrected chi connectivity index (χ3v) is 4.83. The fourth-order valence-corrected chi connectivity index (χ4v) is 3.07. The first-order valence-electron chi connectivity index (χ1n) is 8.97. The third kappa shape index (κ3) is 3.96. The van der Waals surface area contributed by atoms with E-state index in [2.05, 4.69) is 37.2 Å². The lowest BCUT2D eigenvalue weighted by atomic mass is 10.1. The molecule has 0 spiro atoms. The molecule has 1 heterocycles. The van der Waals surface area contributed by atoms with E-state index in [9.17, 15) is 9.90 Å². The molecule has 0 radical (unpaired) electrons. The van der Waals surface area contributed by atoms with Crippen LogP contribution in [0.4, 0.5) is 0 Å². The highest BCUT2D eigenvalue weighted by atomic mass is 16.4. The number of aromatic carboxylic acids is 1. The number of carbonyl (C=O) groups is 1. The summed E-state index contributed by atoms with van der Waals surface area (Å²) in [4.78, 5) is 18.4. The summed E-state index contributed by atoms with van der Waals surface area (Å²) in [6, 6.07) is 5.26. The molecule has 1 aromatic heterocycles. The van der Waals surface area contributed by atoms with Crippen molar-refractivity contribution in [2.75, 3.05) is 19.6 Å². The smallest absolute Gasteiger partial charge is 0.335 e. The molecule has 1 unspecified atom stereocenters. The Morgan fingerprint density at radius 1 is 1.29 bits per heavy atom. The molecule has 0 amide bonds. The largest absolute Gasteiger partial charge is 0.478 e. The minimum atomic E-state index is -0.905. The van der Waals surface area contributed by atoms with E-state index in [-0.39, 0.29) is 0 Å². The fourth-order valence-electron chi connectivity index (χ4n) is 3.07. The van der Waals surface area contributed by atoms with Gasteiger partial charge in [0.25, 0.3) is 0 Å². The average molecular weight is 331 g/mol. The molecule has 2 rings (SSSR count). The van der Waals surface area contributed by atoms with Crippen molar-refractivity contribution in [3.63, 3.8) is 0 Å². The fraction of sp³-hybridized carbons (Fsp3) is 0.579. The van der Waals surface area contributed by atoms with Crippen molar-refractivity contribution < 1.29 is 9.90 Å². The highest BCUT2D eigenvalue weighted by Crippen LogP contribution is 2.25. The van der Waals surface area contributed by atoms with Gasteiger partial charge in [0.1, 0.15) is 5.82 Å². The number of carboxylic acid groups (broad SMARTS) is 1. The van der Waals surface area contributed by atoms with Crippen LogP contribution in [0.3, 0.4) is 0 Å². The maximum Gasteiger partial charge on any atom is 0.335 e. The number of carboxylic acids is 1. The number of benzene rings is 1. The third-order valence-electron chi connectivity index (χ3n) is 4.83. The lowest BCUT2D eigenvalue weighted by molar-refractivity contribution is 0.0697. The van der Waals surface area contributed by atoms with Crippen LogP contribution in [-0.2, 0) is 6.54 Å². The van der Waals surface area contributed by atoms with Crippen molar-refractivity contribution >= 4 is 17.0 Å².